The number of rotatable bonds is 3. The van der Waals surface area contributed by atoms with Crippen molar-refractivity contribution in [2.24, 2.45) is 23.5 Å². The highest BCUT2D eigenvalue weighted by Crippen LogP contribution is 2.29. The number of hydrogen-bond acceptors (Lipinski definition) is 2. The van der Waals surface area contributed by atoms with Gasteiger partial charge in [-0.2, -0.15) is 0 Å². The molecule has 2 aliphatic carbocycles. The molecule has 17 heavy (non-hydrogen) atoms. The molecule has 98 valence electrons. The molecule has 0 aliphatic heterocycles. The highest BCUT2D eigenvalue weighted by molar-refractivity contribution is 5.79. The third kappa shape index (κ3) is 3.21. The maximum atomic E-state index is 12.2. The molecule has 0 aromatic carbocycles. The van der Waals surface area contributed by atoms with Crippen molar-refractivity contribution in [3.8, 4) is 0 Å². The van der Waals surface area contributed by atoms with Gasteiger partial charge in [0.1, 0.15) is 0 Å². The first kappa shape index (κ1) is 12.9. The van der Waals surface area contributed by atoms with Crippen LogP contribution in [0.5, 0.6) is 0 Å². The van der Waals surface area contributed by atoms with E-state index in [9.17, 15) is 4.79 Å². The second-order valence-corrected chi connectivity index (χ2v) is 5.99. The molecule has 0 heterocycles. The minimum absolute atomic E-state index is 0.0464. The fraction of sp³-hybridized carbons (Fsp3) is 0.929. The Morgan fingerprint density at radius 3 is 2.53 bits per heavy atom. The fourth-order valence-corrected chi connectivity index (χ4v) is 3.49. The van der Waals surface area contributed by atoms with Crippen molar-refractivity contribution < 1.29 is 4.79 Å². The van der Waals surface area contributed by atoms with Gasteiger partial charge in [-0.15, -0.1) is 0 Å². The van der Waals surface area contributed by atoms with Gasteiger partial charge in [-0.3, -0.25) is 4.79 Å². The first-order chi connectivity index (χ1) is 8.18. The summed E-state index contributed by atoms with van der Waals surface area (Å²) in [6.45, 7) is 3.04. The van der Waals surface area contributed by atoms with Crippen LogP contribution in [0.2, 0.25) is 0 Å². The first-order valence-corrected chi connectivity index (χ1v) is 7.21. The van der Waals surface area contributed by atoms with Gasteiger partial charge in [-0.05, 0) is 37.5 Å². The van der Waals surface area contributed by atoms with Crippen LogP contribution in [0.1, 0.15) is 51.9 Å². The predicted molar refractivity (Wildman–Crippen MR) is 69.4 cm³/mol. The SMILES string of the molecule is CC1CCCC(N)C1C(=O)NCC1CCCC1. The summed E-state index contributed by atoms with van der Waals surface area (Å²) < 4.78 is 0. The largest absolute Gasteiger partial charge is 0.356 e. The van der Waals surface area contributed by atoms with E-state index in [2.05, 4.69) is 12.2 Å². The lowest BCUT2D eigenvalue weighted by Crippen LogP contribution is -2.48. The second-order valence-electron chi connectivity index (χ2n) is 5.99. The van der Waals surface area contributed by atoms with Gasteiger partial charge in [0, 0.05) is 12.6 Å². The number of carbonyl (C=O) groups excluding carboxylic acids is 1. The lowest BCUT2D eigenvalue weighted by molar-refractivity contribution is -0.128. The highest BCUT2D eigenvalue weighted by atomic mass is 16.1. The summed E-state index contributed by atoms with van der Waals surface area (Å²) in [4.78, 5) is 12.2. The van der Waals surface area contributed by atoms with Crippen molar-refractivity contribution in [2.75, 3.05) is 6.54 Å². The van der Waals surface area contributed by atoms with Crippen LogP contribution in [-0.4, -0.2) is 18.5 Å². The Labute approximate surface area is 105 Å². The van der Waals surface area contributed by atoms with Crippen molar-refractivity contribution in [2.45, 2.75) is 57.9 Å². The molecule has 2 saturated carbocycles. The Morgan fingerprint density at radius 1 is 1.18 bits per heavy atom. The normalized spacial score (nSPS) is 34.8. The molecule has 0 radical (unpaired) electrons. The number of nitrogens with one attached hydrogen (secondary N) is 1. The molecule has 0 bridgehead atoms. The van der Waals surface area contributed by atoms with Crippen LogP contribution in [0.4, 0.5) is 0 Å². The molecule has 0 spiro atoms. The molecule has 0 saturated heterocycles. The summed E-state index contributed by atoms with van der Waals surface area (Å²) >= 11 is 0. The molecular formula is C14H26N2O. The average Bonchev–Trinajstić information content (AvgIpc) is 2.79. The van der Waals surface area contributed by atoms with Crippen LogP contribution in [0.15, 0.2) is 0 Å². The van der Waals surface area contributed by atoms with E-state index < -0.39 is 0 Å². The number of hydrogen-bond donors (Lipinski definition) is 2. The molecule has 0 aromatic rings. The van der Waals surface area contributed by atoms with Gasteiger partial charge in [0.25, 0.3) is 0 Å². The van der Waals surface area contributed by atoms with Gasteiger partial charge in [-0.1, -0.05) is 26.2 Å². The van der Waals surface area contributed by atoms with E-state index >= 15 is 0 Å². The van der Waals surface area contributed by atoms with E-state index in [-0.39, 0.29) is 17.9 Å². The molecule has 0 aromatic heterocycles. The molecule has 3 nitrogen and oxygen atoms in total. The van der Waals surface area contributed by atoms with Crippen molar-refractivity contribution >= 4 is 5.91 Å². The van der Waals surface area contributed by atoms with Gasteiger partial charge >= 0.3 is 0 Å². The Bertz CT molecular complexity index is 251. The highest BCUT2D eigenvalue weighted by Gasteiger charge is 2.34. The van der Waals surface area contributed by atoms with Crippen molar-refractivity contribution in [3.05, 3.63) is 0 Å². The third-order valence-corrected chi connectivity index (χ3v) is 4.61. The molecule has 2 rings (SSSR count). The van der Waals surface area contributed by atoms with Crippen LogP contribution in [0, 0.1) is 17.8 Å². The number of carbonyl (C=O) groups is 1. The zero-order valence-corrected chi connectivity index (χ0v) is 11.0. The van der Waals surface area contributed by atoms with Gasteiger partial charge in [0.15, 0.2) is 0 Å². The lowest BCUT2D eigenvalue weighted by Gasteiger charge is -2.33. The van der Waals surface area contributed by atoms with Crippen LogP contribution in [0.25, 0.3) is 0 Å². The monoisotopic (exact) mass is 238 g/mol. The summed E-state index contributed by atoms with van der Waals surface area (Å²) in [6, 6.07) is 0.0716. The molecule has 1 amide bonds. The van der Waals surface area contributed by atoms with Crippen LogP contribution >= 0.6 is 0 Å². The van der Waals surface area contributed by atoms with Crippen molar-refractivity contribution in [3.63, 3.8) is 0 Å². The van der Waals surface area contributed by atoms with Crippen LogP contribution in [0.3, 0.4) is 0 Å². The van der Waals surface area contributed by atoms with E-state index in [4.69, 9.17) is 5.73 Å². The average molecular weight is 238 g/mol. The van der Waals surface area contributed by atoms with E-state index in [1.807, 2.05) is 0 Å². The Balaban J connectivity index is 1.80. The summed E-state index contributed by atoms with van der Waals surface area (Å²) in [5.41, 5.74) is 6.09. The molecule has 3 N–H and O–H groups in total. The fourth-order valence-electron chi connectivity index (χ4n) is 3.49. The minimum Gasteiger partial charge on any atom is -0.356 e. The molecule has 2 fully saturated rings. The predicted octanol–water partition coefficient (Wildman–Crippen LogP) is 2.06. The van der Waals surface area contributed by atoms with Crippen LogP contribution in [-0.2, 0) is 4.79 Å². The maximum absolute atomic E-state index is 12.2. The second kappa shape index (κ2) is 5.85. The minimum atomic E-state index is 0.0464. The molecule has 2 aliphatic rings. The zero-order chi connectivity index (χ0) is 12.3. The maximum Gasteiger partial charge on any atom is 0.224 e. The smallest absolute Gasteiger partial charge is 0.224 e. The molecular weight excluding hydrogens is 212 g/mol. The number of amides is 1. The Morgan fingerprint density at radius 2 is 1.88 bits per heavy atom. The van der Waals surface area contributed by atoms with Crippen molar-refractivity contribution in [1.29, 1.82) is 0 Å². The van der Waals surface area contributed by atoms with Crippen molar-refractivity contribution in [1.82, 2.24) is 5.32 Å². The molecule has 3 atom stereocenters. The first-order valence-electron chi connectivity index (χ1n) is 7.21. The molecule has 3 heteroatoms. The summed E-state index contributed by atoms with van der Waals surface area (Å²) in [7, 11) is 0. The number of nitrogens with two attached hydrogens (primary N) is 1. The summed E-state index contributed by atoms with van der Waals surface area (Å²) in [5, 5.41) is 3.14. The van der Waals surface area contributed by atoms with E-state index in [0.717, 1.165) is 19.4 Å². The van der Waals surface area contributed by atoms with E-state index in [1.54, 1.807) is 0 Å². The third-order valence-electron chi connectivity index (χ3n) is 4.61. The Kier molecular flexibility index (Phi) is 4.43. The van der Waals surface area contributed by atoms with E-state index in [0.29, 0.717) is 11.8 Å². The lowest BCUT2D eigenvalue weighted by atomic mass is 9.76. The van der Waals surface area contributed by atoms with Gasteiger partial charge in [-0.25, -0.2) is 0 Å². The molecule has 3 unspecified atom stereocenters. The quantitative estimate of drug-likeness (QED) is 0.790. The zero-order valence-electron chi connectivity index (χ0n) is 11.0. The Hall–Kier alpha value is -0.570. The topological polar surface area (TPSA) is 55.1 Å². The van der Waals surface area contributed by atoms with Gasteiger partial charge in [0.2, 0.25) is 5.91 Å². The summed E-state index contributed by atoms with van der Waals surface area (Å²) in [5.74, 6) is 1.41. The summed E-state index contributed by atoms with van der Waals surface area (Å²) in [6.07, 6.45) is 8.56. The van der Waals surface area contributed by atoms with Crippen LogP contribution < -0.4 is 11.1 Å². The van der Waals surface area contributed by atoms with E-state index in [1.165, 1.54) is 32.1 Å². The van der Waals surface area contributed by atoms with Gasteiger partial charge in [0.05, 0.1) is 5.92 Å². The van der Waals surface area contributed by atoms with Gasteiger partial charge < -0.3 is 11.1 Å². The standard InChI is InChI=1S/C14H26N2O/c1-10-5-4-8-12(15)13(10)14(17)16-9-11-6-2-3-7-11/h10-13H,2-9,15H2,1H3,(H,16,17).